The highest BCUT2D eigenvalue weighted by Crippen LogP contribution is 2.27. The van der Waals surface area contributed by atoms with Crippen molar-refractivity contribution in [2.75, 3.05) is 13.1 Å². The molecule has 4 rings (SSSR count). The Bertz CT molecular complexity index is 795. The summed E-state index contributed by atoms with van der Waals surface area (Å²) in [5.74, 6) is 1.78. The molecule has 1 aliphatic rings. The third kappa shape index (κ3) is 2.89. The van der Waals surface area contributed by atoms with Crippen LogP contribution in [0.25, 0.3) is 22.4 Å². The molecule has 118 valence electrons. The second-order valence-corrected chi connectivity index (χ2v) is 6.61. The van der Waals surface area contributed by atoms with Gasteiger partial charge in [-0.3, -0.25) is 0 Å². The molecule has 0 spiro atoms. The number of rotatable bonds is 3. The minimum atomic E-state index is 0.686. The molecule has 1 fully saturated rings. The summed E-state index contributed by atoms with van der Waals surface area (Å²) in [6.07, 6.45) is 2.57. The predicted molar refractivity (Wildman–Crippen MR) is 95.5 cm³/mol. The lowest BCUT2D eigenvalue weighted by Crippen LogP contribution is -2.32. The lowest BCUT2D eigenvalue weighted by Gasteiger charge is -2.24. The van der Waals surface area contributed by atoms with Crippen molar-refractivity contribution in [3.05, 3.63) is 54.1 Å². The van der Waals surface area contributed by atoms with Crippen LogP contribution in [0.3, 0.4) is 0 Å². The Hall–Kier alpha value is -2.13. The summed E-state index contributed by atoms with van der Waals surface area (Å²) in [6.45, 7) is 5.43. The van der Waals surface area contributed by atoms with E-state index in [2.05, 4.69) is 65.3 Å². The van der Waals surface area contributed by atoms with Gasteiger partial charge in [0, 0.05) is 12.1 Å². The van der Waals surface area contributed by atoms with E-state index in [1.54, 1.807) is 0 Å². The Morgan fingerprint density at radius 3 is 2.74 bits per heavy atom. The number of para-hydroxylation sites is 2. The lowest BCUT2D eigenvalue weighted by atomic mass is 9.99. The average molecular weight is 305 g/mol. The van der Waals surface area contributed by atoms with Crippen LogP contribution in [-0.2, 0) is 6.54 Å². The minimum Gasteiger partial charge on any atom is -0.324 e. The number of piperidine rings is 1. The van der Waals surface area contributed by atoms with Crippen molar-refractivity contribution in [2.45, 2.75) is 26.3 Å². The van der Waals surface area contributed by atoms with E-state index in [-0.39, 0.29) is 0 Å². The van der Waals surface area contributed by atoms with E-state index in [1.807, 2.05) is 0 Å². The van der Waals surface area contributed by atoms with Crippen LogP contribution in [0.1, 0.15) is 18.4 Å². The van der Waals surface area contributed by atoms with E-state index in [0.717, 1.165) is 31.0 Å². The molecular weight excluding hydrogens is 282 g/mol. The van der Waals surface area contributed by atoms with Crippen molar-refractivity contribution in [1.29, 1.82) is 0 Å². The van der Waals surface area contributed by atoms with Gasteiger partial charge in [-0.25, -0.2) is 4.98 Å². The zero-order valence-electron chi connectivity index (χ0n) is 13.6. The molecule has 1 aromatic heterocycles. The zero-order chi connectivity index (χ0) is 15.6. The molecule has 1 N–H and O–H groups in total. The quantitative estimate of drug-likeness (QED) is 0.792. The maximum atomic E-state index is 4.92. The highest BCUT2D eigenvalue weighted by molar-refractivity contribution is 5.80. The first-order valence-corrected chi connectivity index (χ1v) is 8.54. The maximum Gasteiger partial charge on any atom is 0.141 e. The monoisotopic (exact) mass is 305 g/mol. The summed E-state index contributed by atoms with van der Waals surface area (Å²) in [7, 11) is 0. The molecule has 1 unspecified atom stereocenters. The van der Waals surface area contributed by atoms with E-state index >= 15 is 0 Å². The van der Waals surface area contributed by atoms with E-state index in [4.69, 9.17) is 4.98 Å². The molecule has 0 aliphatic carbocycles. The first kappa shape index (κ1) is 14.5. The third-order valence-corrected chi connectivity index (χ3v) is 4.80. The highest BCUT2D eigenvalue weighted by Gasteiger charge is 2.18. The van der Waals surface area contributed by atoms with E-state index in [1.165, 1.54) is 29.5 Å². The number of aryl methyl sites for hydroxylation is 1. The molecule has 0 saturated carbocycles. The van der Waals surface area contributed by atoms with Gasteiger partial charge in [-0.2, -0.15) is 0 Å². The first-order chi connectivity index (χ1) is 11.3. The van der Waals surface area contributed by atoms with E-state index in [0.29, 0.717) is 5.92 Å². The lowest BCUT2D eigenvalue weighted by molar-refractivity contribution is 0.341. The summed E-state index contributed by atoms with van der Waals surface area (Å²) in [6, 6.07) is 17.2. The van der Waals surface area contributed by atoms with Crippen molar-refractivity contribution in [3.63, 3.8) is 0 Å². The predicted octanol–water partition coefficient (Wildman–Crippen LogP) is 4.01. The van der Waals surface area contributed by atoms with Gasteiger partial charge in [0.25, 0.3) is 0 Å². The van der Waals surface area contributed by atoms with Gasteiger partial charge in [0.2, 0.25) is 0 Å². The number of nitrogens with zero attached hydrogens (tertiary/aromatic N) is 2. The van der Waals surface area contributed by atoms with Gasteiger partial charge in [-0.05, 0) is 50.9 Å². The summed E-state index contributed by atoms with van der Waals surface area (Å²) in [4.78, 5) is 4.92. The molecule has 2 aromatic carbocycles. The van der Waals surface area contributed by atoms with Crippen molar-refractivity contribution >= 4 is 11.0 Å². The van der Waals surface area contributed by atoms with Crippen LogP contribution in [0.4, 0.5) is 0 Å². The topological polar surface area (TPSA) is 29.9 Å². The number of hydrogen-bond acceptors (Lipinski definition) is 2. The molecule has 2 heterocycles. The van der Waals surface area contributed by atoms with Crippen LogP contribution >= 0.6 is 0 Å². The maximum absolute atomic E-state index is 4.92. The smallest absolute Gasteiger partial charge is 0.141 e. The molecule has 0 amide bonds. The van der Waals surface area contributed by atoms with Crippen molar-refractivity contribution in [2.24, 2.45) is 5.92 Å². The van der Waals surface area contributed by atoms with Gasteiger partial charge >= 0.3 is 0 Å². The fourth-order valence-corrected chi connectivity index (χ4v) is 3.52. The van der Waals surface area contributed by atoms with Gasteiger partial charge in [-0.1, -0.05) is 42.0 Å². The van der Waals surface area contributed by atoms with Gasteiger partial charge in [0.15, 0.2) is 0 Å². The SMILES string of the molecule is Cc1ccc(-c2nc3ccccc3n2CC2CCCNC2)cc1. The fraction of sp³-hybridized carbons (Fsp3) is 0.350. The first-order valence-electron chi connectivity index (χ1n) is 8.54. The summed E-state index contributed by atoms with van der Waals surface area (Å²) >= 11 is 0. The summed E-state index contributed by atoms with van der Waals surface area (Å²) < 4.78 is 2.41. The van der Waals surface area contributed by atoms with Gasteiger partial charge in [0.05, 0.1) is 11.0 Å². The minimum absolute atomic E-state index is 0.686. The number of benzene rings is 2. The van der Waals surface area contributed by atoms with Crippen LogP contribution in [-0.4, -0.2) is 22.6 Å². The molecule has 23 heavy (non-hydrogen) atoms. The Kier molecular flexibility index (Phi) is 3.88. The number of imidazole rings is 1. The summed E-state index contributed by atoms with van der Waals surface area (Å²) in [5, 5.41) is 3.53. The van der Waals surface area contributed by atoms with Crippen LogP contribution < -0.4 is 5.32 Å². The largest absolute Gasteiger partial charge is 0.324 e. The number of fused-ring (bicyclic) bond motifs is 1. The molecule has 3 heteroatoms. The molecule has 1 atom stereocenters. The van der Waals surface area contributed by atoms with Crippen LogP contribution in [0.15, 0.2) is 48.5 Å². The second-order valence-electron chi connectivity index (χ2n) is 6.61. The van der Waals surface area contributed by atoms with Crippen molar-refractivity contribution in [3.8, 4) is 11.4 Å². The average Bonchev–Trinajstić information content (AvgIpc) is 2.95. The normalized spacial score (nSPS) is 18.4. The molecule has 0 radical (unpaired) electrons. The van der Waals surface area contributed by atoms with Gasteiger partial charge in [-0.15, -0.1) is 0 Å². The molecule has 1 saturated heterocycles. The standard InChI is InChI=1S/C20H23N3/c1-15-8-10-17(11-9-15)20-22-18-6-2-3-7-19(18)23(20)14-16-5-4-12-21-13-16/h2-3,6-11,16,21H,4-5,12-14H2,1H3. The summed E-state index contributed by atoms with van der Waals surface area (Å²) in [5.41, 5.74) is 4.82. The van der Waals surface area contributed by atoms with Gasteiger partial charge in [0.1, 0.15) is 5.82 Å². The van der Waals surface area contributed by atoms with Crippen molar-refractivity contribution in [1.82, 2.24) is 14.9 Å². The molecule has 3 nitrogen and oxygen atoms in total. The van der Waals surface area contributed by atoms with Crippen LogP contribution in [0.2, 0.25) is 0 Å². The van der Waals surface area contributed by atoms with E-state index in [9.17, 15) is 0 Å². The van der Waals surface area contributed by atoms with Gasteiger partial charge < -0.3 is 9.88 Å². The molecule has 1 aliphatic heterocycles. The zero-order valence-corrected chi connectivity index (χ0v) is 13.6. The Balaban J connectivity index is 1.79. The Morgan fingerprint density at radius 2 is 1.96 bits per heavy atom. The highest BCUT2D eigenvalue weighted by atomic mass is 15.1. The van der Waals surface area contributed by atoms with E-state index < -0.39 is 0 Å². The van der Waals surface area contributed by atoms with Crippen LogP contribution in [0, 0.1) is 12.8 Å². The second kappa shape index (κ2) is 6.17. The number of aromatic nitrogens is 2. The fourth-order valence-electron chi connectivity index (χ4n) is 3.52. The number of nitrogens with one attached hydrogen (secondary N) is 1. The molecule has 0 bridgehead atoms. The molecular formula is C20H23N3. The van der Waals surface area contributed by atoms with Crippen molar-refractivity contribution < 1.29 is 0 Å². The number of hydrogen-bond donors (Lipinski definition) is 1. The Morgan fingerprint density at radius 1 is 1.13 bits per heavy atom. The molecule has 3 aromatic rings. The third-order valence-electron chi connectivity index (χ3n) is 4.80. The van der Waals surface area contributed by atoms with Crippen LogP contribution in [0.5, 0.6) is 0 Å². The Labute approximate surface area is 137 Å².